The summed E-state index contributed by atoms with van der Waals surface area (Å²) in [5.41, 5.74) is 9.53. The van der Waals surface area contributed by atoms with Gasteiger partial charge in [-0.25, -0.2) is 11.1 Å². The molecule has 0 aliphatic heterocycles. The molecule has 6 rings (SSSR count). The lowest BCUT2D eigenvalue weighted by Gasteiger charge is -2.17. The maximum atomic E-state index is 7.85. The lowest BCUT2D eigenvalue weighted by molar-refractivity contribution is -0.643. The highest BCUT2D eigenvalue weighted by atomic mass is 15.0. The quantitative estimate of drug-likeness (QED) is 0.111. The van der Waals surface area contributed by atoms with Crippen LogP contribution < -0.4 is 4.57 Å². The number of aromatic nitrogens is 2. The van der Waals surface area contributed by atoms with Gasteiger partial charge in [-0.05, 0) is 78.6 Å². The van der Waals surface area contributed by atoms with Crippen LogP contribution >= 0.6 is 0 Å². The van der Waals surface area contributed by atoms with Crippen LogP contribution in [0.5, 0.6) is 0 Å². The van der Waals surface area contributed by atoms with Gasteiger partial charge in [0.1, 0.15) is 7.05 Å². The smallest absolute Gasteiger partial charge is 0.252 e. The number of benzene rings is 3. The van der Waals surface area contributed by atoms with Crippen LogP contribution in [0.25, 0.3) is 53.8 Å². The van der Waals surface area contributed by atoms with Gasteiger partial charge in [-0.15, -0.1) is 0 Å². The molecule has 3 heterocycles. The summed E-state index contributed by atoms with van der Waals surface area (Å²) >= 11 is 0. The summed E-state index contributed by atoms with van der Waals surface area (Å²) in [6.45, 7) is 20.9. The van der Waals surface area contributed by atoms with Crippen LogP contribution in [0.1, 0.15) is 49.9 Å². The van der Waals surface area contributed by atoms with Gasteiger partial charge in [0.25, 0.3) is 5.54 Å². The first-order chi connectivity index (χ1) is 16.6. The van der Waals surface area contributed by atoms with E-state index in [2.05, 4.69) is 97.2 Å². The molecule has 3 aromatic carbocycles. The summed E-state index contributed by atoms with van der Waals surface area (Å²) in [5, 5.41) is 6.44. The molecule has 0 fully saturated rings. The first kappa shape index (κ1) is 21.9. The molecule has 0 atom stereocenters. The summed E-state index contributed by atoms with van der Waals surface area (Å²) in [6, 6.07) is 16.1. The number of nitrogens with zero attached hydrogens (tertiary/aromatic N) is 3. The average Bonchev–Trinajstić information content (AvgIpc) is 3.13. The predicted molar refractivity (Wildman–Crippen MR) is 147 cm³/mol. The van der Waals surface area contributed by atoms with Crippen LogP contribution in [0.15, 0.2) is 48.7 Å². The Kier molecular flexibility index (Phi) is 4.49. The van der Waals surface area contributed by atoms with Crippen molar-refractivity contribution in [3.63, 3.8) is 0 Å². The fraction of sp³-hybridized carbons (Fsp3) is 0.312. The number of fused-ring (bicyclic) bond motifs is 5. The second kappa shape index (κ2) is 7.18. The lowest BCUT2D eigenvalue weighted by Crippen LogP contribution is -2.29. The van der Waals surface area contributed by atoms with Crippen molar-refractivity contribution in [3.8, 4) is 0 Å². The zero-order valence-corrected chi connectivity index (χ0v) is 21.7. The summed E-state index contributed by atoms with van der Waals surface area (Å²) < 4.78 is 4.75. The van der Waals surface area contributed by atoms with Crippen LogP contribution in [0.3, 0.4) is 0 Å². The van der Waals surface area contributed by atoms with Crippen molar-refractivity contribution in [2.24, 2.45) is 13.0 Å². The molecular weight excluding hydrogens is 426 g/mol. The van der Waals surface area contributed by atoms with E-state index in [0.29, 0.717) is 5.92 Å². The molecule has 0 saturated heterocycles. The van der Waals surface area contributed by atoms with E-state index < -0.39 is 5.54 Å². The monoisotopic (exact) mass is 458 g/mol. The molecule has 3 heteroatoms. The zero-order chi connectivity index (χ0) is 24.8. The minimum Gasteiger partial charge on any atom is -0.307 e. The highest BCUT2D eigenvalue weighted by Crippen LogP contribution is 2.43. The van der Waals surface area contributed by atoms with Crippen molar-refractivity contribution in [1.29, 1.82) is 0 Å². The van der Waals surface area contributed by atoms with Gasteiger partial charge in [0.15, 0.2) is 6.20 Å². The second-order valence-electron chi connectivity index (χ2n) is 11.3. The number of pyridine rings is 2. The van der Waals surface area contributed by atoms with E-state index in [0.717, 1.165) is 12.0 Å². The highest BCUT2D eigenvalue weighted by molar-refractivity contribution is 6.26. The van der Waals surface area contributed by atoms with Crippen molar-refractivity contribution < 1.29 is 4.57 Å². The first-order valence-electron chi connectivity index (χ1n) is 12.6. The van der Waals surface area contributed by atoms with Crippen LogP contribution in [-0.2, 0) is 19.0 Å². The molecule has 0 amide bonds. The topological polar surface area (TPSA) is 12.7 Å². The fourth-order valence-electron chi connectivity index (χ4n) is 5.97. The molecule has 0 bridgehead atoms. The molecule has 0 N–H and O–H groups in total. The number of aryl methyl sites for hydroxylation is 3. The third-order valence-corrected chi connectivity index (χ3v) is 7.96. The third kappa shape index (κ3) is 2.93. The maximum Gasteiger partial charge on any atom is 0.252 e. The predicted octanol–water partition coefficient (Wildman–Crippen LogP) is 7.78. The van der Waals surface area contributed by atoms with E-state index in [-0.39, 0.29) is 0 Å². The molecule has 174 valence electrons. The van der Waals surface area contributed by atoms with E-state index in [1.807, 2.05) is 13.8 Å². The average molecular weight is 459 g/mol. The molecule has 3 nitrogen and oxygen atoms in total. The van der Waals surface area contributed by atoms with E-state index in [4.69, 9.17) is 6.57 Å². The summed E-state index contributed by atoms with van der Waals surface area (Å²) in [6.07, 6.45) is 3.25. The molecule has 0 unspecified atom stereocenters. The molecule has 3 aromatic heterocycles. The van der Waals surface area contributed by atoms with Crippen molar-refractivity contribution in [1.82, 2.24) is 4.40 Å². The van der Waals surface area contributed by atoms with Gasteiger partial charge in [-0.2, -0.15) is 0 Å². The molecule has 0 spiro atoms. The van der Waals surface area contributed by atoms with E-state index in [1.165, 1.54) is 65.7 Å². The van der Waals surface area contributed by atoms with Crippen molar-refractivity contribution in [3.05, 3.63) is 82.3 Å². The Morgan fingerprint density at radius 2 is 1.74 bits per heavy atom. The van der Waals surface area contributed by atoms with Crippen LogP contribution in [0.4, 0.5) is 0 Å². The standard InChI is InChI=1S/C32H32N3/c1-18(2)13-21-9-10-26-24(15-21)25-14-19(3)20(4)28-30(25)35(26)27-17-23(32(5,6)33-7)16-22-11-12-34(8)31(28)29(22)27/h9-12,14-18H,13H2,1-6,8H3/q+1. The molecule has 6 aromatic rings. The third-order valence-electron chi connectivity index (χ3n) is 7.96. The molecular formula is C32H32N3+. The Hall–Kier alpha value is -3.64. The van der Waals surface area contributed by atoms with Gasteiger partial charge in [0.05, 0.1) is 27.3 Å². The Morgan fingerprint density at radius 3 is 2.46 bits per heavy atom. The lowest BCUT2D eigenvalue weighted by atomic mass is 9.90. The fourth-order valence-corrected chi connectivity index (χ4v) is 5.97. The number of hydrogen-bond donors (Lipinski definition) is 0. The molecule has 0 aliphatic carbocycles. The maximum absolute atomic E-state index is 7.85. The van der Waals surface area contributed by atoms with Crippen LogP contribution in [-0.4, -0.2) is 4.40 Å². The van der Waals surface area contributed by atoms with Crippen LogP contribution in [0, 0.1) is 26.3 Å². The summed E-state index contributed by atoms with van der Waals surface area (Å²) in [5.74, 6) is 0.617. The van der Waals surface area contributed by atoms with Gasteiger partial charge < -0.3 is 9.25 Å². The first-order valence-corrected chi connectivity index (χ1v) is 12.6. The Labute approximate surface area is 206 Å². The second-order valence-corrected chi connectivity index (χ2v) is 11.3. The molecule has 0 saturated carbocycles. The minimum atomic E-state index is -0.584. The normalized spacial score (nSPS) is 12.8. The SMILES string of the molecule is [C-]#[N+]C(C)(C)c1cc2cc[n+](C)c3c4c(C)c(C)cc5c6cc(CC(C)C)ccc6n(c(c1)c23)c54. The van der Waals surface area contributed by atoms with E-state index in [9.17, 15) is 0 Å². The largest absolute Gasteiger partial charge is 0.307 e. The molecule has 0 radical (unpaired) electrons. The van der Waals surface area contributed by atoms with Gasteiger partial charge >= 0.3 is 0 Å². The number of rotatable bonds is 3. The Morgan fingerprint density at radius 1 is 0.971 bits per heavy atom. The van der Waals surface area contributed by atoms with Gasteiger partial charge in [0.2, 0.25) is 5.52 Å². The molecule has 0 aliphatic rings. The summed E-state index contributed by atoms with van der Waals surface area (Å²) in [7, 11) is 2.15. The van der Waals surface area contributed by atoms with Crippen molar-refractivity contribution in [2.75, 3.05) is 0 Å². The van der Waals surface area contributed by atoms with Gasteiger partial charge in [0, 0.05) is 36.2 Å². The van der Waals surface area contributed by atoms with E-state index in [1.54, 1.807) is 0 Å². The van der Waals surface area contributed by atoms with Gasteiger partial charge in [-0.1, -0.05) is 19.9 Å². The van der Waals surface area contributed by atoms with Crippen molar-refractivity contribution in [2.45, 2.75) is 53.5 Å². The minimum absolute atomic E-state index is 0.584. The molecule has 35 heavy (non-hydrogen) atoms. The highest BCUT2D eigenvalue weighted by Gasteiger charge is 2.30. The number of hydrogen-bond acceptors (Lipinski definition) is 0. The van der Waals surface area contributed by atoms with Crippen molar-refractivity contribution >= 4 is 49.0 Å². The van der Waals surface area contributed by atoms with Gasteiger partial charge in [-0.3, -0.25) is 0 Å². The summed E-state index contributed by atoms with van der Waals surface area (Å²) in [4.78, 5) is 3.97. The Bertz CT molecular complexity index is 1860. The van der Waals surface area contributed by atoms with Crippen LogP contribution in [0.2, 0.25) is 0 Å². The zero-order valence-electron chi connectivity index (χ0n) is 21.7. The van der Waals surface area contributed by atoms with E-state index >= 15 is 0 Å². The Balaban J connectivity index is 1.95.